The van der Waals surface area contributed by atoms with Gasteiger partial charge >= 0.3 is 13.9 Å². The quantitative estimate of drug-likeness (QED) is 0.385. The molecule has 1 atom stereocenters. The van der Waals surface area contributed by atoms with Crippen molar-refractivity contribution in [3.63, 3.8) is 0 Å². The highest BCUT2D eigenvalue weighted by atomic mass is 31.2. The number of hydrogen-bond donors (Lipinski definition) is 5. The molecule has 0 aliphatic rings. The summed E-state index contributed by atoms with van der Waals surface area (Å²) in [6.45, 7) is 0. The first-order valence-electron chi connectivity index (χ1n) is 3.56. The number of amides is 1. The van der Waals surface area contributed by atoms with Gasteiger partial charge in [-0.1, -0.05) is 0 Å². The van der Waals surface area contributed by atoms with Crippen LogP contribution in [0.3, 0.4) is 0 Å². The summed E-state index contributed by atoms with van der Waals surface area (Å²) >= 11 is 0. The van der Waals surface area contributed by atoms with Crippen molar-refractivity contribution in [3.05, 3.63) is 0 Å². The number of carboxylic acid groups (broad SMARTS) is 1. The van der Waals surface area contributed by atoms with Gasteiger partial charge in [-0.3, -0.25) is 19.4 Å². The van der Waals surface area contributed by atoms with Crippen molar-refractivity contribution in [1.29, 1.82) is 0 Å². The highest BCUT2D eigenvalue weighted by Crippen LogP contribution is 2.34. The minimum absolute atomic E-state index is 0.0213. The Balaban J connectivity index is 0. The zero-order valence-corrected chi connectivity index (χ0v) is 8.43. The summed E-state index contributed by atoms with van der Waals surface area (Å²) in [4.78, 5) is 34.1. The second kappa shape index (κ2) is 7.30. The summed E-state index contributed by atoms with van der Waals surface area (Å²) in [7, 11) is -5.14. The fourth-order valence-corrected chi connectivity index (χ4v) is 0.421. The molecule has 0 rings (SSSR count). The van der Waals surface area contributed by atoms with Gasteiger partial charge < -0.3 is 16.6 Å². The summed E-state index contributed by atoms with van der Waals surface area (Å²) in [6, 6.07) is -0.979. The molecule has 0 aromatic heterocycles. The monoisotopic (exact) mass is 246 g/mol. The summed E-state index contributed by atoms with van der Waals surface area (Å²) in [5.41, 5.74) is 9.81. The Morgan fingerprint density at radius 1 is 1.40 bits per heavy atom. The van der Waals surface area contributed by atoms with Crippen LogP contribution in [-0.4, -0.2) is 32.8 Å². The zero-order valence-electron chi connectivity index (χ0n) is 7.54. The maximum absolute atomic E-state index is 10.4. The van der Waals surface area contributed by atoms with Crippen LogP contribution in [0.1, 0.15) is 12.8 Å². The fourth-order valence-electron chi connectivity index (χ4n) is 0.421. The van der Waals surface area contributed by atoms with Crippen LogP contribution in [0.4, 0.5) is 4.20 Å². The van der Waals surface area contributed by atoms with Crippen LogP contribution in [0.15, 0.2) is 0 Å². The van der Waals surface area contributed by atoms with Gasteiger partial charge in [-0.2, -0.15) is 0 Å². The third-order valence-corrected chi connectivity index (χ3v) is 1.02. The highest BCUT2D eigenvalue weighted by molar-refractivity contribution is 7.45. The molecule has 0 spiro atoms. The number of rotatable bonds is 4. The third-order valence-electron chi connectivity index (χ3n) is 1.02. The number of halogens is 1. The lowest BCUT2D eigenvalue weighted by Gasteiger charge is -2.01. The number of nitrogens with two attached hydrogens (primary N) is 2. The van der Waals surface area contributed by atoms with E-state index in [2.05, 4.69) is 0 Å². The number of carboxylic acids is 1. The maximum Gasteiger partial charge on any atom is 0.507 e. The first kappa shape index (κ1) is 16.4. The van der Waals surface area contributed by atoms with Gasteiger partial charge in [0.1, 0.15) is 6.04 Å². The molecule has 0 saturated carbocycles. The van der Waals surface area contributed by atoms with Crippen LogP contribution in [0.25, 0.3) is 0 Å². The van der Waals surface area contributed by atoms with E-state index in [-0.39, 0.29) is 12.8 Å². The lowest BCUT2D eigenvalue weighted by Crippen LogP contribution is -2.31. The predicted molar refractivity (Wildman–Crippen MR) is 47.2 cm³/mol. The van der Waals surface area contributed by atoms with E-state index < -0.39 is 25.8 Å². The average Bonchev–Trinajstić information content (AvgIpc) is 1.96. The molecule has 8 nitrogen and oxygen atoms in total. The second-order valence-corrected chi connectivity index (χ2v) is 3.37. The van der Waals surface area contributed by atoms with Crippen LogP contribution in [0.2, 0.25) is 0 Å². The molecule has 15 heavy (non-hydrogen) atoms. The minimum Gasteiger partial charge on any atom is -0.480 e. The van der Waals surface area contributed by atoms with E-state index in [4.69, 9.17) is 30.9 Å². The van der Waals surface area contributed by atoms with E-state index in [1.165, 1.54) is 0 Å². The fraction of sp³-hybridized carbons (Fsp3) is 0.600. The van der Waals surface area contributed by atoms with Gasteiger partial charge in [0.25, 0.3) is 0 Å². The Hall–Kier alpha value is -1.02. The lowest BCUT2D eigenvalue weighted by molar-refractivity contribution is -0.138. The number of primary amides is 1. The Bertz CT molecular complexity index is 258. The average molecular weight is 246 g/mol. The van der Waals surface area contributed by atoms with Crippen LogP contribution in [0.5, 0.6) is 0 Å². The van der Waals surface area contributed by atoms with Crippen LogP contribution in [0, 0.1) is 0 Å². The van der Waals surface area contributed by atoms with E-state index in [0.29, 0.717) is 0 Å². The maximum atomic E-state index is 10.4. The van der Waals surface area contributed by atoms with E-state index in [1.54, 1.807) is 0 Å². The Labute approximate surface area is 84.3 Å². The first-order chi connectivity index (χ1) is 6.54. The molecule has 0 bridgehead atoms. The van der Waals surface area contributed by atoms with Crippen molar-refractivity contribution in [2.24, 2.45) is 11.5 Å². The zero-order chi connectivity index (χ0) is 12.6. The second-order valence-electron chi connectivity index (χ2n) is 2.42. The molecule has 0 fully saturated rings. The molecule has 0 saturated heterocycles. The molecule has 10 heteroatoms. The molecule has 0 aliphatic carbocycles. The Kier molecular flexibility index (Phi) is 7.98. The lowest BCUT2D eigenvalue weighted by atomic mass is 10.2. The number of hydrogen-bond acceptors (Lipinski definition) is 4. The van der Waals surface area contributed by atoms with E-state index in [0.717, 1.165) is 0 Å². The van der Waals surface area contributed by atoms with E-state index >= 15 is 0 Å². The van der Waals surface area contributed by atoms with Crippen LogP contribution >= 0.6 is 7.91 Å². The van der Waals surface area contributed by atoms with Gasteiger partial charge in [-0.25, -0.2) is 4.57 Å². The molecular weight excluding hydrogens is 234 g/mol. The van der Waals surface area contributed by atoms with Crippen LogP contribution in [-0.2, 0) is 14.2 Å². The van der Waals surface area contributed by atoms with Gasteiger partial charge in [0.15, 0.2) is 0 Å². The van der Waals surface area contributed by atoms with Crippen molar-refractivity contribution in [2.75, 3.05) is 0 Å². The normalized spacial score (nSPS) is 12.3. The van der Waals surface area contributed by atoms with Gasteiger partial charge in [-0.15, -0.1) is 4.20 Å². The summed E-state index contributed by atoms with van der Waals surface area (Å²) < 4.78 is 19.0. The number of aliphatic carboxylic acids is 1. The Morgan fingerprint density at radius 2 is 1.73 bits per heavy atom. The summed E-state index contributed by atoms with van der Waals surface area (Å²) in [5, 5.41) is 8.22. The third kappa shape index (κ3) is 24.6. The van der Waals surface area contributed by atoms with E-state index in [9.17, 15) is 13.8 Å². The smallest absolute Gasteiger partial charge is 0.480 e. The molecule has 0 aliphatic heterocycles. The molecule has 0 aromatic carbocycles. The molecule has 0 unspecified atom stereocenters. The molecule has 0 aromatic rings. The van der Waals surface area contributed by atoms with Crippen molar-refractivity contribution in [1.82, 2.24) is 0 Å². The standard InChI is InChI=1S/C5H10N2O3.FH2O3P/c6-3(5(9)10)1-2-4(7)8;1-5(2,3)4/h3H,1-2,6H2,(H2,7,8)(H,9,10);(H2,2,3,4)/t3-;/m1./s1. The minimum atomic E-state index is -5.14. The largest absolute Gasteiger partial charge is 0.507 e. The van der Waals surface area contributed by atoms with Crippen molar-refractivity contribution in [2.45, 2.75) is 18.9 Å². The van der Waals surface area contributed by atoms with Gasteiger partial charge in [0.05, 0.1) is 0 Å². The van der Waals surface area contributed by atoms with Crippen molar-refractivity contribution in [3.8, 4) is 0 Å². The summed E-state index contributed by atoms with van der Waals surface area (Å²) in [6.07, 6.45) is 0.123. The van der Waals surface area contributed by atoms with Gasteiger partial charge in [0.2, 0.25) is 5.91 Å². The van der Waals surface area contributed by atoms with Crippen molar-refractivity contribution >= 4 is 19.8 Å². The molecule has 1 amide bonds. The number of carbonyl (C=O) groups is 2. The van der Waals surface area contributed by atoms with Crippen LogP contribution < -0.4 is 11.5 Å². The molecule has 7 N–H and O–H groups in total. The first-order valence-corrected chi connectivity index (χ1v) is 5.06. The predicted octanol–water partition coefficient (Wildman–Crippen LogP) is -1.29. The van der Waals surface area contributed by atoms with Gasteiger partial charge in [-0.05, 0) is 6.42 Å². The molecule has 0 heterocycles. The number of carbonyl (C=O) groups excluding carboxylic acids is 1. The Morgan fingerprint density at radius 3 is 1.93 bits per heavy atom. The molecule has 90 valence electrons. The van der Waals surface area contributed by atoms with Gasteiger partial charge in [0, 0.05) is 6.42 Å². The SMILES string of the molecule is NC(=O)CC[C@@H](N)C(=O)O.O=P(O)(O)F. The summed E-state index contributed by atoms with van der Waals surface area (Å²) in [5.74, 6) is -1.64. The molecule has 0 radical (unpaired) electrons. The highest BCUT2D eigenvalue weighted by Gasteiger charge is 2.11. The topological polar surface area (TPSA) is 164 Å². The van der Waals surface area contributed by atoms with E-state index in [1.807, 2.05) is 0 Å². The molecular formula is C5H12FN2O6P. The van der Waals surface area contributed by atoms with Crippen molar-refractivity contribution < 1.29 is 33.2 Å².